The Hall–Kier alpha value is -9.18. The van der Waals surface area contributed by atoms with Crippen molar-refractivity contribution in [2.24, 2.45) is 0 Å². The molecule has 1 aromatic heterocycles. The Kier molecular flexibility index (Phi) is 9.11. The third-order valence-electron chi connectivity index (χ3n) is 14.7. The minimum atomic E-state index is -0.599. The van der Waals surface area contributed by atoms with Gasteiger partial charge in [-0.25, -0.2) is 0 Å². The van der Waals surface area contributed by atoms with Crippen LogP contribution in [0.15, 0.2) is 271 Å². The Labute approximate surface area is 407 Å². The van der Waals surface area contributed by atoms with Crippen LogP contribution < -0.4 is 9.80 Å². The molecular weight excluding hydrogens is 849 g/mol. The normalized spacial score (nSPS) is 12.9. The number of fused-ring (bicyclic) bond motifs is 12. The smallest absolute Gasteiger partial charge is 0.136 e. The van der Waals surface area contributed by atoms with E-state index in [1.165, 1.54) is 55.9 Å². The Morgan fingerprint density at radius 1 is 0.329 bits per heavy atom. The van der Waals surface area contributed by atoms with Gasteiger partial charge in [-0.3, -0.25) is 0 Å². The van der Waals surface area contributed by atoms with Crippen LogP contribution in [-0.4, -0.2) is 0 Å². The molecule has 11 aromatic carbocycles. The fraction of sp³-hybridized carbons (Fsp3) is 0.0149. The minimum Gasteiger partial charge on any atom is -0.456 e. The summed E-state index contributed by atoms with van der Waals surface area (Å²) >= 11 is 0. The molecule has 3 nitrogen and oxygen atoms in total. The van der Waals surface area contributed by atoms with Gasteiger partial charge in [-0.15, -0.1) is 0 Å². The van der Waals surface area contributed by atoms with Crippen molar-refractivity contribution >= 4 is 56.1 Å². The summed E-state index contributed by atoms with van der Waals surface area (Å²) in [6.07, 6.45) is 0. The van der Waals surface area contributed by atoms with Crippen molar-refractivity contribution in [2.75, 3.05) is 9.80 Å². The molecule has 70 heavy (non-hydrogen) atoms. The van der Waals surface area contributed by atoms with Gasteiger partial charge in [0.25, 0.3) is 0 Å². The highest BCUT2D eigenvalue weighted by Crippen LogP contribution is 2.65. The number of furan rings is 1. The molecule has 328 valence electrons. The fourth-order valence-electron chi connectivity index (χ4n) is 11.7. The van der Waals surface area contributed by atoms with E-state index in [1.54, 1.807) is 0 Å². The van der Waals surface area contributed by atoms with E-state index in [1.807, 2.05) is 12.1 Å². The second kappa shape index (κ2) is 16.0. The Bertz CT molecular complexity index is 3900. The molecule has 1 aliphatic heterocycles. The summed E-state index contributed by atoms with van der Waals surface area (Å²) in [5, 5.41) is 2.26. The number of anilines is 6. The molecule has 3 heteroatoms. The zero-order chi connectivity index (χ0) is 46.2. The summed E-state index contributed by atoms with van der Waals surface area (Å²) in [4.78, 5) is 4.94. The molecule has 0 N–H and O–H groups in total. The average molecular weight is 893 g/mol. The van der Waals surface area contributed by atoms with E-state index >= 15 is 0 Å². The SMILES string of the molecule is c1ccc(-c2ccc(-c3ccccc3N(c3ccc(-c4ccc5c(c4)oc4ccccc45)cc3)c3cccc4c3-c3ccccc3C43c4ccccc4N(c4ccccc4)c4ccccc43)cc2)cc1. The number of hydrogen-bond acceptors (Lipinski definition) is 3. The van der Waals surface area contributed by atoms with Gasteiger partial charge >= 0.3 is 0 Å². The largest absolute Gasteiger partial charge is 0.456 e. The monoisotopic (exact) mass is 892 g/mol. The Balaban J connectivity index is 0.990. The van der Waals surface area contributed by atoms with Crippen molar-refractivity contribution in [3.63, 3.8) is 0 Å². The third-order valence-corrected chi connectivity index (χ3v) is 14.7. The van der Waals surface area contributed by atoms with Gasteiger partial charge in [-0.1, -0.05) is 200 Å². The van der Waals surface area contributed by atoms with E-state index < -0.39 is 5.41 Å². The highest BCUT2D eigenvalue weighted by molar-refractivity contribution is 6.06. The first-order valence-corrected chi connectivity index (χ1v) is 24.1. The number of benzene rings is 11. The molecule has 0 saturated carbocycles. The standard InChI is InChI=1S/C67H44N2O/c1-3-18-45(19-4-1)46-34-36-48(37-35-46)52-22-8-13-29-60(52)68(51-41-38-47(39-42-51)49-40-43-54-53-23-9-16-33-64(53)70-65(54)44-49)63-32-17-28-59-66(63)55-24-7-10-25-56(55)67(59)57-26-11-14-30-61(57)69(50-20-5-2-6-21-50)62-31-15-12-27-58(62)67/h1-44H. The second-order valence-corrected chi connectivity index (χ2v) is 18.4. The van der Waals surface area contributed by atoms with E-state index in [4.69, 9.17) is 4.42 Å². The van der Waals surface area contributed by atoms with Crippen molar-refractivity contribution in [1.29, 1.82) is 0 Å². The van der Waals surface area contributed by atoms with Crippen LogP contribution in [0.3, 0.4) is 0 Å². The zero-order valence-electron chi connectivity index (χ0n) is 38.2. The van der Waals surface area contributed by atoms with Crippen LogP contribution in [-0.2, 0) is 5.41 Å². The maximum absolute atomic E-state index is 6.36. The quantitative estimate of drug-likeness (QED) is 0.159. The summed E-state index contributed by atoms with van der Waals surface area (Å²) in [6.45, 7) is 0. The molecule has 14 rings (SSSR count). The topological polar surface area (TPSA) is 19.6 Å². The molecule has 0 saturated heterocycles. The van der Waals surface area contributed by atoms with E-state index in [0.717, 1.165) is 66.9 Å². The van der Waals surface area contributed by atoms with Gasteiger partial charge in [-0.2, -0.15) is 0 Å². The third kappa shape index (κ3) is 6.01. The fourth-order valence-corrected chi connectivity index (χ4v) is 11.7. The Morgan fingerprint density at radius 2 is 0.843 bits per heavy atom. The van der Waals surface area contributed by atoms with Crippen molar-refractivity contribution < 1.29 is 4.42 Å². The summed E-state index contributed by atoms with van der Waals surface area (Å²) < 4.78 is 6.36. The van der Waals surface area contributed by atoms with E-state index in [2.05, 4.69) is 265 Å². The van der Waals surface area contributed by atoms with Gasteiger partial charge in [0, 0.05) is 33.3 Å². The summed E-state index contributed by atoms with van der Waals surface area (Å²) in [7, 11) is 0. The number of hydrogen-bond donors (Lipinski definition) is 0. The first kappa shape index (κ1) is 39.9. The summed E-state index contributed by atoms with van der Waals surface area (Å²) in [6, 6.07) is 97.4. The Morgan fingerprint density at radius 3 is 1.60 bits per heavy atom. The van der Waals surface area contributed by atoms with Crippen molar-refractivity contribution in [2.45, 2.75) is 5.41 Å². The number of rotatable bonds is 7. The lowest BCUT2D eigenvalue weighted by molar-refractivity contribution is 0.669. The van der Waals surface area contributed by atoms with Gasteiger partial charge < -0.3 is 14.2 Å². The first-order chi connectivity index (χ1) is 34.7. The molecule has 1 spiro atoms. The van der Waals surface area contributed by atoms with Gasteiger partial charge in [0.1, 0.15) is 11.2 Å². The lowest BCUT2D eigenvalue weighted by Gasteiger charge is -2.45. The van der Waals surface area contributed by atoms with Crippen LogP contribution in [0.4, 0.5) is 34.1 Å². The number of para-hydroxylation sites is 5. The molecule has 0 radical (unpaired) electrons. The molecule has 0 atom stereocenters. The predicted octanol–water partition coefficient (Wildman–Crippen LogP) is 18.2. The molecule has 0 amide bonds. The number of nitrogens with zero attached hydrogens (tertiary/aromatic N) is 2. The highest BCUT2D eigenvalue weighted by atomic mass is 16.3. The molecule has 0 fully saturated rings. The molecule has 1 aliphatic carbocycles. The van der Waals surface area contributed by atoms with Crippen LogP contribution >= 0.6 is 0 Å². The first-order valence-electron chi connectivity index (χ1n) is 24.1. The van der Waals surface area contributed by atoms with Crippen LogP contribution in [0, 0.1) is 0 Å². The van der Waals surface area contributed by atoms with Gasteiger partial charge in [-0.05, 0) is 122 Å². The summed E-state index contributed by atoms with van der Waals surface area (Å²) in [5.41, 5.74) is 22.4. The average Bonchev–Trinajstić information content (AvgIpc) is 3.96. The van der Waals surface area contributed by atoms with Crippen LogP contribution in [0.2, 0.25) is 0 Å². The van der Waals surface area contributed by atoms with Crippen molar-refractivity contribution in [1.82, 2.24) is 0 Å². The lowest BCUT2D eigenvalue weighted by atomic mass is 9.64. The highest BCUT2D eigenvalue weighted by Gasteiger charge is 2.52. The van der Waals surface area contributed by atoms with Crippen molar-refractivity contribution in [3.05, 3.63) is 289 Å². The van der Waals surface area contributed by atoms with E-state index in [-0.39, 0.29) is 0 Å². The van der Waals surface area contributed by atoms with Crippen LogP contribution in [0.25, 0.3) is 66.4 Å². The zero-order valence-corrected chi connectivity index (χ0v) is 38.2. The summed E-state index contributed by atoms with van der Waals surface area (Å²) in [5.74, 6) is 0. The molecule has 0 unspecified atom stereocenters. The van der Waals surface area contributed by atoms with E-state index in [9.17, 15) is 0 Å². The van der Waals surface area contributed by atoms with Gasteiger partial charge in [0.05, 0.1) is 28.2 Å². The van der Waals surface area contributed by atoms with Crippen LogP contribution in [0.1, 0.15) is 22.3 Å². The van der Waals surface area contributed by atoms with Crippen LogP contribution in [0.5, 0.6) is 0 Å². The molecule has 0 bridgehead atoms. The van der Waals surface area contributed by atoms with Gasteiger partial charge in [0.2, 0.25) is 0 Å². The maximum atomic E-state index is 6.36. The lowest BCUT2D eigenvalue weighted by Crippen LogP contribution is -2.36. The molecule has 12 aromatic rings. The second-order valence-electron chi connectivity index (χ2n) is 18.4. The molecular formula is C67H44N2O. The predicted molar refractivity (Wildman–Crippen MR) is 290 cm³/mol. The minimum absolute atomic E-state index is 0.599. The molecule has 2 aliphatic rings. The molecule has 2 heterocycles. The van der Waals surface area contributed by atoms with Gasteiger partial charge in [0.15, 0.2) is 0 Å². The van der Waals surface area contributed by atoms with Crippen molar-refractivity contribution in [3.8, 4) is 44.5 Å². The van der Waals surface area contributed by atoms with E-state index in [0.29, 0.717) is 0 Å². The maximum Gasteiger partial charge on any atom is 0.136 e.